The molecule has 1 atom stereocenters. The van der Waals surface area contributed by atoms with Gasteiger partial charge in [-0.2, -0.15) is 0 Å². The van der Waals surface area contributed by atoms with Crippen molar-refractivity contribution < 1.29 is 24.6 Å². The van der Waals surface area contributed by atoms with Crippen molar-refractivity contribution in [2.75, 3.05) is 12.4 Å². The Morgan fingerprint density at radius 1 is 0.963 bits per heavy atom. The highest BCUT2D eigenvalue weighted by molar-refractivity contribution is 6.04. The van der Waals surface area contributed by atoms with Crippen molar-refractivity contribution in [2.24, 2.45) is 0 Å². The standard InChI is InChI=1S/C19H21N3O5/c1-20-19(27)16(9-12-5-7-14(23)8-6-12)22-18(26)11-17(25)21-13-3-2-4-15(24)10-13/h2-8,10,16,23-24H,9,11H2,1H3,(H,20,27)(H,21,25)(H,22,26). The summed E-state index contributed by atoms with van der Waals surface area (Å²) in [5.41, 5.74) is 1.10. The predicted molar refractivity (Wildman–Crippen MR) is 99.2 cm³/mol. The summed E-state index contributed by atoms with van der Waals surface area (Å²) in [6, 6.07) is 11.4. The average Bonchev–Trinajstić information content (AvgIpc) is 2.62. The highest BCUT2D eigenvalue weighted by Gasteiger charge is 2.21. The van der Waals surface area contributed by atoms with Crippen LogP contribution in [0.3, 0.4) is 0 Å². The van der Waals surface area contributed by atoms with Crippen molar-refractivity contribution in [2.45, 2.75) is 18.9 Å². The van der Waals surface area contributed by atoms with Crippen LogP contribution in [-0.4, -0.2) is 41.0 Å². The molecule has 0 fully saturated rings. The van der Waals surface area contributed by atoms with E-state index in [1.165, 1.54) is 31.3 Å². The van der Waals surface area contributed by atoms with E-state index < -0.39 is 30.2 Å². The maximum absolute atomic E-state index is 12.1. The first kappa shape index (κ1) is 19.8. The summed E-state index contributed by atoms with van der Waals surface area (Å²) in [5, 5.41) is 26.2. The molecule has 1 unspecified atom stereocenters. The zero-order valence-electron chi connectivity index (χ0n) is 14.7. The summed E-state index contributed by atoms with van der Waals surface area (Å²) < 4.78 is 0. The van der Waals surface area contributed by atoms with Gasteiger partial charge >= 0.3 is 0 Å². The molecule has 2 rings (SSSR count). The number of amides is 3. The number of likely N-dealkylation sites (N-methyl/N-ethyl adjacent to an activating group) is 1. The summed E-state index contributed by atoms with van der Waals surface area (Å²) in [5.74, 6) is -1.49. The molecule has 2 aromatic rings. The molecule has 0 saturated carbocycles. The monoisotopic (exact) mass is 371 g/mol. The summed E-state index contributed by atoms with van der Waals surface area (Å²) in [4.78, 5) is 36.1. The van der Waals surface area contributed by atoms with Gasteiger partial charge in [-0.3, -0.25) is 14.4 Å². The molecule has 0 aromatic heterocycles. The third kappa shape index (κ3) is 6.35. The van der Waals surface area contributed by atoms with Crippen molar-refractivity contribution in [3.63, 3.8) is 0 Å². The maximum Gasteiger partial charge on any atom is 0.242 e. The lowest BCUT2D eigenvalue weighted by Gasteiger charge is -2.17. The van der Waals surface area contributed by atoms with Crippen molar-refractivity contribution in [1.82, 2.24) is 10.6 Å². The highest BCUT2D eigenvalue weighted by atomic mass is 16.3. The van der Waals surface area contributed by atoms with E-state index in [2.05, 4.69) is 16.0 Å². The minimum absolute atomic E-state index is 0.00849. The van der Waals surface area contributed by atoms with Gasteiger partial charge in [-0.1, -0.05) is 18.2 Å². The van der Waals surface area contributed by atoms with Gasteiger partial charge in [0.1, 0.15) is 24.0 Å². The average molecular weight is 371 g/mol. The third-order valence-electron chi connectivity index (χ3n) is 3.73. The minimum Gasteiger partial charge on any atom is -0.508 e. The number of hydrogen-bond acceptors (Lipinski definition) is 5. The number of carbonyl (C=O) groups excluding carboxylic acids is 3. The van der Waals surface area contributed by atoms with E-state index in [0.717, 1.165) is 5.56 Å². The maximum atomic E-state index is 12.1. The fraction of sp³-hybridized carbons (Fsp3) is 0.211. The van der Waals surface area contributed by atoms with Crippen molar-refractivity contribution >= 4 is 23.4 Å². The van der Waals surface area contributed by atoms with Gasteiger partial charge in [0, 0.05) is 25.2 Å². The fourth-order valence-corrected chi connectivity index (χ4v) is 2.43. The number of benzene rings is 2. The summed E-state index contributed by atoms with van der Waals surface area (Å²) in [6.07, 6.45) is -0.265. The molecule has 27 heavy (non-hydrogen) atoms. The van der Waals surface area contributed by atoms with E-state index in [4.69, 9.17) is 0 Å². The number of anilines is 1. The molecule has 3 amide bonds. The minimum atomic E-state index is -0.861. The summed E-state index contributed by atoms with van der Waals surface area (Å²) in [7, 11) is 1.45. The number of phenols is 2. The number of hydrogen-bond donors (Lipinski definition) is 5. The number of aromatic hydroxyl groups is 2. The largest absolute Gasteiger partial charge is 0.508 e. The van der Waals surface area contributed by atoms with E-state index in [1.807, 2.05) is 0 Å². The molecule has 142 valence electrons. The summed E-state index contributed by atoms with van der Waals surface area (Å²) >= 11 is 0. The lowest BCUT2D eigenvalue weighted by Crippen LogP contribution is -2.47. The molecule has 0 spiro atoms. The molecule has 0 aliphatic heterocycles. The first-order chi connectivity index (χ1) is 12.9. The lowest BCUT2D eigenvalue weighted by atomic mass is 10.0. The second kappa shape index (κ2) is 9.23. The molecule has 0 aliphatic rings. The van der Waals surface area contributed by atoms with E-state index in [-0.39, 0.29) is 17.9 Å². The van der Waals surface area contributed by atoms with E-state index >= 15 is 0 Å². The number of nitrogens with one attached hydrogen (secondary N) is 3. The normalized spacial score (nSPS) is 11.3. The van der Waals surface area contributed by atoms with Gasteiger partial charge in [-0.15, -0.1) is 0 Å². The second-order valence-electron chi connectivity index (χ2n) is 5.88. The van der Waals surface area contributed by atoms with Gasteiger partial charge in [0.25, 0.3) is 0 Å². The zero-order valence-corrected chi connectivity index (χ0v) is 14.7. The van der Waals surface area contributed by atoms with Crippen molar-refractivity contribution in [1.29, 1.82) is 0 Å². The van der Waals surface area contributed by atoms with Crippen LogP contribution in [0.4, 0.5) is 5.69 Å². The molecule has 8 nitrogen and oxygen atoms in total. The Kier molecular flexibility index (Phi) is 6.76. The molecule has 2 aromatic carbocycles. The Morgan fingerprint density at radius 2 is 1.67 bits per heavy atom. The molecule has 0 bridgehead atoms. The van der Waals surface area contributed by atoms with Crippen LogP contribution in [-0.2, 0) is 20.8 Å². The quantitative estimate of drug-likeness (QED) is 0.462. The van der Waals surface area contributed by atoms with Gasteiger partial charge < -0.3 is 26.2 Å². The summed E-state index contributed by atoms with van der Waals surface area (Å²) in [6.45, 7) is 0. The van der Waals surface area contributed by atoms with Crippen molar-refractivity contribution in [3.8, 4) is 11.5 Å². The molecular weight excluding hydrogens is 350 g/mol. The first-order valence-corrected chi connectivity index (χ1v) is 8.25. The Labute approximate surface area is 156 Å². The second-order valence-corrected chi connectivity index (χ2v) is 5.88. The van der Waals surface area contributed by atoms with Crippen LogP contribution >= 0.6 is 0 Å². The van der Waals surface area contributed by atoms with Crippen LogP contribution in [0.15, 0.2) is 48.5 Å². The Balaban J connectivity index is 1.95. The van der Waals surface area contributed by atoms with Crippen LogP contribution in [0.5, 0.6) is 11.5 Å². The van der Waals surface area contributed by atoms with Crippen LogP contribution in [0, 0.1) is 0 Å². The highest BCUT2D eigenvalue weighted by Crippen LogP contribution is 2.15. The topological polar surface area (TPSA) is 128 Å². The van der Waals surface area contributed by atoms with E-state index in [0.29, 0.717) is 5.69 Å². The fourth-order valence-electron chi connectivity index (χ4n) is 2.43. The zero-order chi connectivity index (χ0) is 19.8. The molecule has 0 aliphatic carbocycles. The van der Waals surface area contributed by atoms with Crippen LogP contribution < -0.4 is 16.0 Å². The number of carbonyl (C=O) groups is 3. The molecule has 0 heterocycles. The van der Waals surface area contributed by atoms with Crippen molar-refractivity contribution in [3.05, 3.63) is 54.1 Å². The van der Waals surface area contributed by atoms with Gasteiger partial charge in [0.05, 0.1) is 0 Å². The van der Waals surface area contributed by atoms with Gasteiger partial charge in [0.2, 0.25) is 17.7 Å². The van der Waals surface area contributed by atoms with Crippen LogP contribution in [0.2, 0.25) is 0 Å². The Bertz CT molecular complexity index is 820. The number of rotatable bonds is 7. The molecule has 0 radical (unpaired) electrons. The molecule has 5 N–H and O–H groups in total. The smallest absolute Gasteiger partial charge is 0.242 e. The third-order valence-corrected chi connectivity index (χ3v) is 3.73. The molecular formula is C19H21N3O5. The van der Waals surface area contributed by atoms with E-state index in [9.17, 15) is 24.6 Å². The Morgan fingerprint density at radius 3 is 2.30 bits per heavy atom. The SMILES string of the molecule is CNC(=O)C(Cc1ccc(O)cc1)NC(=O)CC(=O)Nc1cccc(O)c1. The van der Waals surface area contributed by atoms with Crippen LogP contribution in [0.25, 0.3) is 0 Å². The first-order valence-electron chi connectivity index (χ1n) is 8.25. The molecule has 0 saturated heterocycles. The predicted octanol–water partition coefficient (Wildman–Crippen LogP) is 0.900. The van der Waals surface area contributed by atoms with E-state index in [1.54, 1.807) is 24.3 Å². The van der Waals surface area contributed by atoms with Gasteiger partial charge in [-0.05, 0) is 29.8 Å². The van der Waals surface area contributed by atoms with Crippen LogP contribution in [0.1, 0.15) is 12.0 Å². The van der Waals surface area contributed by atoms with Gasteiger partial charge in [-0.25, -0.2) is 0 Å². The Hall–Kier alpha value is -3.55. The molecule has 8 heteroatoms. The number of phenolic OH excluding ortho intramolecular Hbond substituents is 2. The lowest BCUT2D eigenvalue weighted by molar-refractivity contribution is -0.131. The van der Waals surface area contributed by atoms with Gasteiger partial charge in [0.15, 0.2) is 0 Å².